The molecule has 3 aromatic rings. The van der Waals surface area contributed by atoms with E-state index in [-0.39, 0.29) is 5.82 Å². The SMILES string of the molecule is Fc1ccccc1N1CCN(Cc2ccc(-c3ccccc3Cl)o2)CC1. The van der Waals surface area contributed by atoms with Gasteiger partial charge in [0.25, 0.3) is 0 Å². The normalized spacial score (nSPS) is 15.4. The highest BCUT2D eigenvalue weighted by molar-refractivity contribution is 6.33. The van der Waals surface area contributed by atoms with Gasteiger partial charge in [-0.2, -0.15) is 0 Å². The van der Waals surface area contributed by atoms with E-state index in [4.69, 9.17) is 16.0 Å². The van der Waals surface area contributed by atoms with E-state index >= 15 is 0 Å². The van der Waals surface area contributed by atoms with Gasteiger partial charge in [0.2, 0.25) is 0 Å². The molecule has 0 radical (unpaired) electrons. The van der Waals surface area contributed by atoms with Crippen LogP contribution in [0.5, 0.6) is 0 Å². The van der Waals surface area contributed by atoms with Gasteiger partial charge in [-0.25, -0.2) is 4.39 Å². The number of hydrogen-bond donors (Lipinski definition) is 0. The summed E-state index contributed by atoms with van der Waals surface area (Å²) in [6.07, 6.45) is 0. The monoisotopic (exact) mass is 370 g/mol. The van der Waals surface area contributed by atoms with E-state index in [1.807, 2.05) is 48.5 Å². The van der Waals surface area contributed by atoms with Gasteiger partial charge in [-0.15, -0.1) is 0 Å². The molecule has 0 amide bonds. The summed E-state index contributed by atoms with van der Waals surface area (Å²) in [5, 5.41) is 0.687. The third-order valence-electron chi connectivity index (χ3n) is 4.75. The molecule has 0 aliphatic carbocycles. The summed E-state index contributed by atoms with van der Waals surface area (Å²) >= 11 is 6.24. The van der Waals surface area contributed by atoms with E-state index < -0.39 is 0 Å². The first kappa shape index (κ1) is 17.1. The van der Waals surface area contributed by atoms with Crippen molar-refractivity contribution in [3.63, 3.8) is 0 Å². The molecule has 0 unspecified atom stereocenters. The second kappa shape index (κ2) is 7.52. The maximum Gasteiger partial charge on any atom is 0.146 e. The lowest BCUT2D eigenvalue weighted by Gasteiger charge is -2.35. The second-order valence-corrected chi connectivity index (χ2v) is 6.87. The summed E-state index contributed by atoms with van der Waals surface area (Å²) in [7, 11) is 0. The van der Waals surface area contributed by atoms with Gasteiger partial charge in [-0.3, -0.25) is 4.90 Å². The molecule has 4 rings (SSSR count). The Labute approximate surface area is 157 Å². The van der Waals surface area contributed by atoms with Gasteiger partial charge in [0.05, 0.1) is 17.3 Å². The third kappa shape index (κ3) is 3.62. The first-order valence-electron chi connectivity index (χ1n) is 8.76. The van der Waals surface area contributed by atoms with Gasteiger partial charge in [-0.05, 0) is 36.4 Å². The zero-order valence-corrected chi connectivity index (χ0v) is 15.1. The fourth-order valence-electron chi connectivity index (χ4n) is 3.34. The Kier molecular flexibility index (Phi) is 4.96. The molecule has 134 valence electrons. The van der Waals surface area contributed by atoms with Gasteiger partial charge in [-0.1, -0.05) is 35.9 Å². The lowest BCUT2D eigenvalue weighted by atomic mass is 10.2. The van der Waals surface area contributed by atoms with Crippen molar-refractivity contribution >= 4 is 17.3 Å². The summed E-state index contributed by atoms with van der Waals surface area (Å²) in [5.74, 6) is 1.55. The van der Waals surface area contributed by atoms with Gasteiger partial charge >= 0.3 is 0 Å². The molecule has 1 aromatic heterocycles. The Morgan fingerprint density at radius 2 is 1.62 bits per heavy atom. The first-order chi connectivity index (χ1) is 12.7. The van der Waals surface area contributed by atoms with Crippen LogP contribution in [0.3, 0.4) is 0 Å². The molecule has 5 heteroatoms. The first-order valence-corrected chi connectivity index (χ1v) is 9.14. The van der Waals surface area contributed by atoms with E-state index in [0.29, 0.717) is 10.7 Å². The summed E-state index contributed by atoms with van der Waals surface area (Å²) < 4.78 is 19.9. The molecule has 26 heavy (non-hydrogen) atoms. The van der Waals surface area contributed by atoms with Crippen LogP contribution in [0.2, 0.25) is 5.02 Å². The molecule has 1 aliphatic rings. The molecule has 3 nitrogen and oxygen atoms in total. The van der Waals surface area contributed by atoms with Crippen LogP contribution in [0.25, 0.3) is 11.3 Å². The van der Waals surface area contributed by atoms with Crippen molar-refractivity contribution in [1.29, 1.82) is 0 Å². The maximum absolute atomic E-state index is 13.9. The number of hydrogen-bond acceptors (Lipinski definition) is 3. The van der Waals surface area contributed by atoms with Gasteiger partial charge in [0, 0.05) is 31.7 Å². The van der Waals surface area contributed by atoms with Gasteiger partial charge in [0.1, 0.15) is 17.3 Å². The number of nitrogens with zero attached hydrogens (tertiary/aromatic N) is 2. The maximum atomic E-state index is 13.9. The number of anilines is 1. The van der Waals surface area contributed by atoms with Crippen LogP contribution in [0.15, 0.2) is 65.1 Å². The molecular formula is C21H20ClFN2O. The summed E-state index contributed by atoms with van der Waals surface area (Å²) in [6, 6.07) is 18.6. The van der Waals surface area contributed by atoms with Crippen molar-refractivity contribution in [2.75, 3.05) is 31.1 Å². The lowest BCUT2D eigenvalue weighted by molar-refractivity contribution is 0.231. The highest BCUT2D eigenvalue weighted by atomic mass is 35.5. The zero-order chi connectivity index (χ0) is 17.9. The molecule has 1 fully saturated rings. The second-order valence-electron chi connectivity index (χ2n) is 6.46. The molecule has 0 atom stereocenters. The summed E-state index contributed by atoms with van der Waals surface area (Å²) in [4.78, 5) is 4.43. The van der Waals surface area contributed by atoms with E-state index in [2.05, 4.69) is 9.80 Å². The van der Waals surface area contributed by atoms with Crippen molar-refractivity contribution in [1.82, 2.24) is 4.90 Å². The quantitative estimate of drug-likeness (QED) is 0.640. The Balaban J connectivity index is 1.38. The number of halogens is 2. The topological polar surface area (TPSA) is 19.6 Å². The molecule has 0 saturated carbocycles. The van der Waals surface area contributed by atoms with E-state index in [1.54, 1.807) is 6.07 Å². The van der Waals surface area contributed by atoms with Crippen molar-refractivity contribution in [2.24, 2.45) is 0 Å². The molecule has 0 N–H and O–H groups in total. The van der Waals surface area contributed by atoms with Crippen LogP contribution in [0.4, 0.5) is 10.1 Å². The summed E-state index contributed by atoms with van der Waals surface area (Å²) in [5.41, 5.74) is 1.59. The van der Waals surface area contributed by atoms with E-state index in [1.165, 1.54) is 6.07 Å². The predicted molar refractivity (Wildman–Crippen MR) is 103 cm³/mol. The average Bonchev–Trinajstić information content (AvgIpc) is 3.11. The van der Waals surface area contributed by atoms with E-state index in [0.717, 1.165) is 49.8 Å². The Morgan fingerprint density at radius 3 is 2.38 bits per heavy atom. The fraction of sp³-hybridized carbons (Fsp3) is 0.238. The Bertz CT molecular complexity index is 887. The largest absolute Gasteiger partial charge is 0.460 e. The van der Waals surface area contributed by atoms with Crippen molar-refractivity contribution in [3.8, 4) is 11.3 Å². The highest BCUT2D eigenvalue weighted by Gasteiger charge is 2.20. The minimum absolute atomic E-state index is 0.156. The van der Waals surface area contributed by atoms with Crippen LogP contribution >= 0.6 is 11.6 Å². The molecule has 1 saturated heterocycles. The smallest absolute Gasteiger partial charge is 0.146 e. The number of para-hydroxylation sites is 1. The molecule has 2 heterocycles. The summed E-state index contributed by atoms with van der Waals surface area (Å²) in [6.45, 7) is 4.10. The molecule has 0 bridgehead atoms. The Morgan fingerprint density at radius 1 is 0.885 bits per heavy atom. The molecular weight excluding hydrogens is 351 g/mol. The number of rotatable bonds is 4. The van der Waals surface area contributed by atoms with Gasteiger partial charge in [0.15, 0.2) is 0 Å². The number of piperazine rings is 1. The van der Waals surface area contributed by atoms with Gasteiger partial charge < -0.3 is 9.32 Å². The van der Waals surface area contributed by atoms with Crippen molar-refractivity contribution in [3.05, 3.63) is 77.3 Å². The predicted octanol–water partition coefficient (Wildman–Crippen LogP) is 5.06. The Hall–Kier alpha value is -2.30. The molecule has 1 aliphatic heterocycles. The standard InChI is InChI=1S/C21H20ClFN2O/c22-18-6-2-1-5-17(18)21-10-9-16(26-21)15-24-11-13-25(14-12-24)20-8-4-3-7-19(20)23/h1-10H,11-15H2. The van der Waals surface area contributed by atoms with Crippen LogP contribution in [-0.2, 0) is 6.54 Å². The van der Waals surface area contributed by atoms with Crippen LogP contribution < -0.4 is 4.90 Å². The van der Waals surface area contributed by atoms with Crippen LogP contribution in [0, 0.1) is 5.82 Å². The third-order valence-corrected chi connectivity index (χ3v) is 5.08. The minimum atomic E-state index is -0.156. The van der Waals surface area contributed by atoms with Crippen molar-refractivity contribution < 1.29 is 8.81 Å². The zero-order valence-electron chi connectivity index (χ0n) is 14.4. The molecule has 2 aromatic carbocycles. The fourth-order valence-corrected chi connectivity index (χ4v) is 3.57. The highest BCUT2D eigenvalue weighted by Crippen LogP contribution is 2.29. The number of furan rings is 1. The van der Waals surface area contributed by atoms with Crippen LogP contribution in [0.1, 0.15) is 5.76 Å². The number of benzene rings is 2. The van der Waals surface area contributed by atoms with Crippen LogP contribution in [-0.4, -0.2) is 31.1 Å². The minimum Gasteiger partial charge on any atom is -0.460 e. The van der Waals surface area contributed by atoms with Crippen molar-refractivity contribution in [2.45, 2.75) is 6.54 Å². The average molecular weight is 371 g/mol. The molecule has 0 spiro atoms. The lowest BCUT2D eigenvalue weighted by Crippen LogP contribution is -2.46. The van der Waals surface area contributed by atoms with E-state index in [9.17, 15) is 4.39 Å².